The van der Waals surface area contributed by atoms with Crippen LogP contribution in [0.15, 0.2) is 24.3 Å². The molecule has 188 valence electrons. The van der Waals surface area contributed by atoms with Crippen molar-refractivity contribution in [2.45, 2.75) is 49.7 Å². The molecule has 0 radical (unpaired) electrons. The molecule has 0 unspecified atom stereocenters. The van der Waals surface area contributed by atoms with E-state index in [1.807, 2.05) is 0 Å². The summed E-state index contributed by atoms with van der Waals surface area (Å²) in [5.74, 6) is -2.61. The number of benzene rings is 1. The molecular formula is C22H28O12. The third-order valence-corrected chi connectivity index (χ3v) is 5.83. The van der Waals surface area contributed by atoms with E-state index in [1.54, 1.807) is 6.92 Å². The number of aliphatic hydroxyl groups excluding tert-OH is 3. The minimum Gasteiger partial charge on any atom is -0.504 e. The van der Waals surface area contributed by atoms with Crippen LogP contribution in [0, 0.1) is 5.92 Å². The summed E-state index contributed by atoms with van der Waals surface area (Å²) in [6, 6.07) is 3.94. The maximum absolute atomic E-state index is 12.0. The molecule has 0 amide bonds. The van der Waals surface area contributed by atoms with Gasteiger partial charge in [0.05, 0.1) is 13.0 Å². The topological polar surface area (TPSA) is 192 Å². The summed E-state index contributed by atoms with van der Waals surface area (Å²) >= 11 is 0. The lowest BCUT2D eigenvalue weighted by molar-refractivity contribution is -0.305. The predicted octanol–water partition coefficient (Wildman–Crippen LogP) is -1.21. The molecule has 12 heteroatoms. The van der Waals surface area contributed by atoms with Crippen molar-refractivity contribution >= 4 is 18.0 Å². The minimum atomic E-state index is -1.66. The molecule has 1 aromatic carbocycles. The summed E-state index contributed by atoms with van der Waals surface area (Å²) in [5.41, 5.74) is -1.02. The van der Waals surface area contributed by atoms with Gasteiger partial charge in [-0.05, 0) is 23.8 Å². The van der Waals surface area contributed by atoms with Crippen LogP contribution < -0.4 is 0 Å². The summed E-state index contributed by atoms with van der Waals surface area (Å²) in [4.78, 5) is 23.3. The Balaban J connectivity index is 1.53. The molecule has 2 heterocycles. The first-order valence-corrected chi connectivity index (χ1v) is 10.6. The second kappa shape index (κ2) is 10.7. The lowest BCUT2D eigenvalue weighted by Crippen LogP contribution is -2.59. The number of aliphatic hydroxyl groups is 4. The summed E-state index contributed by atoms with van der Waals surface area (Å²) in [7, 11) is 0. The van der Waals surface area contributed by atoms with Gasteiger partial charge >= 0.3 is 11.9 Å². The van der Waals surface area contributed by atoms with Gasteiger partial charge in [-0.15, -0.1) is 0 Å². The minimum absolute atomic E-state index is 0.160. The van der Waals surface area contributed by atoms with Crippen LogP contribution in [0.3, 0.4) is 0 Å². The molecule has 6 N–H and O–H groups in total. The number of phenols is 2. The van der Waals surface area contributed by atoms with E-state index in [0.29, 0.717) is 5.56 Å². The van der Waals surface area contributed by atoms with E-state index in [-0.39, 0.29) is 31.1 Å². The van der Waals surface area contributed by atoms with E-state index < -0.39 is 60.8 Å². The summed E-state index contributed by atoms with van der Waals surface area (Å²) in [6.07, 6.45) is -5.32. The van der Waals surface area contributed by atoms with E-state index in [4.69, 9.17) is 18.9 Å². The first-order valence-electron chi connectivity index (χ1n) is 10.6. The van der Waals surface area contributed by atoms with Gasteiger partial charge in [0.15, 0.2) is 17.8 Å². The number of ether oxygens (including phenoxy) is 4. The van der Waals surface area contributed by atoms with Crippen molar-refractivity contribution in [1.82, 2.24) is 0 Å². The molecule has 3 rings (SSSR count). The smallest absolute Gasteiger partial charge is 0.330 e. The van der Waals surface area contributed by atoms with Crippen molar-refractivity contribution in [3.8, 4) is 11.5 Å². The van der Waals surface area contributed by atoms with Crippen molar-refractivity contribution in [1.29, 1.82) is 0 Å². The average Bonchev–Trinajstić information content (AvgIpc) is 3.16. The van der Waals surface area contributed by atoms with Gasteiger partial charge in [0.1, 0.15) is 43.2 Å². The molecule has 12 nitrogen and oxygen atoms in total. The van der Waals surface area contributed by atoms with Crippen molar-refractivity contribution in [2.24, 2.45) is 5.92 Å². The number of carbonyl (C=O) groups excluding carboxylic acids is 2. The fourth-order valence-electron chi connectivity index (χ4n) is 3.48. The first kappa shape index (κ1) is 25.9. The highest BCUT2D eigenvalue weighted by Crippen LogP contribution is 2.30. The van der Waals surface area contributed by atoms with Crippen LogP contribution in [0.25, 0.3) is 6.08 Å². The van der Waals surface area contributed by atoms with Gasteiger partial charge < -0.3 is 49.6 Å². The lowest BCUT2D eigenvalue weighted by Gasteiger charge is -2.40. The van der Waals surface area contributed by atoms with Crippen LogP contribution in [0.1, 0.15) is 18.9 Å². The maximum atomic E-state index is 12.0. The first-order chi connectivity index (χ1) is 16.0. The zero-order chi connectivity index (χ0) is 25.0. The van der Waals surface area contributed by atoms with Gasteiger partial charge in [-0.1, -0.05) is 13.0 Å². The Morgan fingerprint density at radius 3 is 2.59 bits per heavy atom. The molecule has 2 aliphatic rings. The molecule has 34 heavy (non-hydrogen) atoms. The fraction of sp³-hybridized carbons (Fsp3) is 0.545. The van der Waals surface area contributed by atoms with Crippen molar-refractivity contribution in [3.05, 3.63) is 29.8 Å². The number of rotatable bonds is 8. The number of esters is 2. The second-order valence-electron chi connectivity index (χ2n) is 8.40. The van der Waals surface area contributed by atoms with Gasteiger partial charge in [0, 0.05) is 12.0 Å². The molecular weight excluding hydrogens is 456 g/mol. The molecule has 2 saturated heterocycles. The number of hydrogen-bond donors (Lipinski definition) is 6. The zero-order valence-corrected chi connectivity index (χ0v) is 18.3. The summed E-state index contributed by atoms with van der Waals surface area (Å²) in [5, 5.41) is 59.7. The molecule has 0 bridgehead atoms. The van der Waals surface area contributed by atoms with Crippen molar-refractivity contribution in [3.63, 3.8) is 0 Å². The molecule has 0 aromatic heterocycles. The Morgan fingerprint density at radius 2 is 1.94 bits per heavy atom. The summed E-state index contributed by atoms with van der Waals surface area (Å²) < 4.78 is 20.8. The Labute approximate surface area is 194 Å². The third-order valence-electron chi connectivity index (χ3n) is 5.83. The number of hydrogen-bond acceptors (Lipinski definition) is 12. The summed E-state index contributed by atoms with van der Waals surface area (Å²) in [6.45, 7) is 0.784. The van der Waals surface area contributed by atoms with E-state index in [2.05, 4.69) is 0 Å². The number of carbonyl (C=O) groups is 2. The second-order valence-corrected chi connectivity index (χ2v) is 8.40. The third kappa shape index (κ3) is 6.03. The molecule has 2 fully saturated rings. The van der Waals surface area contributed by atoms with Crippen LogP contribution >= 0.6 is 0 Å². The van der Waals surface area contributed by atoms with Crippen LogP contribution in [0.2, 0.25) is 0 Å². The highest BCUT2D eigenvalue weighted by atomic mass is 16.7. The molecule has 2 aliphatic heterocycles. The molecule has 0 aliphatic carbocycles. The monoisotopic (exact) mass is 484 g/mol. The normalized spacial score (nSPS) is 32.5. The maximum Gasteiger partial charge on any atom is 0.330 e. The van der Waals surface area contributed by atoms with E-state index in [1.165, 1.54) is 24.3 Å². The average molecular weight is 484 g/mol. The lowest BCUT2D eigenvalue weighted by atomic mass is 9.88. The van der Waals surface area contributed by atoms with Crippen molar-refractivity contribution in [2.75, 3.05) is 19.8 Å². The highest BCUT2D eigenvalue weighted by Gasteiger charge is 2.47. The Kier molecular flexibility index (Phi) is 8.13. The van der Waals surface area contributed by atoms with Gasteiger partial charge in [-0.2, -0.15) is 0 Å². The number of cyclic esters (lactones) is 1. The zero-order valence-electron chi connectivity index (χ0n) is 18.3. The Hall–Kier alpha value is -2.74. The van der Waals surface area contributed by atoms with E-state index in [9.17, 15) is 40.2 Å². The van der Waals surface area contributed by atoms with Gasteiger partial charge in [0.2, 0.25) is 0 Å². The van der Waals surface area contributed by atoms with Gasteiger partial charge in [-0.25, -0.2) is 4.79 Å². The standard InChI is InChI=1S/C22H28O12/c1-11(22(30)7-17(26)33-10-22)8-32-21-20(29)19(28)18(27)15(34-21)9-31-16(25)5-3-12-2-4-13(23)14(24)6-12/h2-6,11,15,18-21,23-24,27-30H,7-10H2,1H3/t11-,15+,18+,19-,20+,21-,22+/m0/s1. The van der Waals surface area contributed by atoms with Crippen LogP contribution in [-0.4, -0.2) is 98.7 Å². The Morgan fingerprint density at radius 1 is 1.21 bits per heavy atom. The van der Waals surface area contributed by atoms with Crippen LogP contribution in [0.5, 0.6) is 11.5 Å². The van der Waals surface area contributed by atoms with Crippen molar-refractivity contribution < 1.29 is 59.2 Å². The van der Waals surface area contributed by atoms with E-state index >= 15 is 0 Å². The fourth-order valence-corrected chi connectivity index (χ4v) is 3.48. The largest absolute Gasteiger partial charge is 0.504 e. The van der Waals surface area contributed by atoms with Gasteiger partial charge in [0.25, 0.3) is 0 Å². The molecule has 7 atom stereocenters. The number of aromatic hydroxyl groups is 2. The quantitative estimate of drug-likeness (QED) is 0.147. The number of phenolic OH excluding ortho intramolecular Hbond substituents is 2. The van der Waals surface area contributed by atoms with Crippen LogP contribution in [-0.2, 0) is 28.5 Å². The van der Waals surface area contributed by atoms with Gasteiger partial charge in [-0.3, -0.25) is 4.79 Å². The van der Waals surface area contributed by atoms with Crippen LogP contribution in [0.4, 0.5) is 0 Å². The van der Waals surface area contributed by atoms with E-state index in [0.717, 1.165) is 6.08 Å². The molecule has 0 saturated carbocycles. The SMILES string of the molecule is C[C@@H](CO[C@H]1O[C@H](COC(=O)C=Cc2ccc(O)c(O)c2)[C@@H](O)[C@H](O)[C@H]1O)[C@]1(O)COC(=O)C1. The molecule has 0 spiro atoms. The Bertz CT molecular complexity index is 917. The predicted molar refractivity (Wildman–Crippen MR) is 112 cm³/mol. The molecule has 1 aromatic rings. The highest BCUT2D eigenvalue weighted by molar-refractivity contribution is 5.87.